The summed E-state index contributed by atoms with van der Waals surface area (Å²) in [5, 5.41) is 9.96. The first-order valence-corrected chi connectivity index (χ1v) is 4.61. The third-order valence-corrected chi connectivity index (χ3v) is 2.12. The number of aromatic hydroxyl groups is 1. The minimum atomic E-state index is -0.398. The van der Waals surface area contributed by atoms with E-state index in [0.717, 1.165) is 0 Å². The molecule has 0 spiro atoms. The molecular weight excluding hydrogens is 192 g/mol. The molecule has 0 unspecified atom stereocenters. The first-order valence-electron chi connectivity index (χ1n) is 4.61. The van der Waals surface area contributed by atoms with E-state index in [1.165, 1.54) is 0 Å². The molecule has 0 saturated heterocycles. The fourth-order valence-corrected chi connectivity index (χ4v) is 1.41. The number of fused-ring (bicyclic) bond motifs is 1. The third-order valence-electron chi connectivity index (χ3n) is 2.12. The van der Waals surface area contributed by atoms with Crippen molar-refractivity contribution in [2.45, 2.75) is 6.92 Å². The summed E-state index contributed by atoms with van der Waals surface area (Å²) in [4.78, 5) is 11.7. The summed E-state index contributed by atoms with van der Waals surface area (Å²) in [5.74, 6) is -0.145. The van der Waals surface area contributed by atoms with Gasteiger partial charge < -0.3 is 9.52 Å². The Kier molecular flexibility index (Phi) is 2.29. The maximum Gasteiger partial charge on any atom is 0.235 e. The zero-order valence-corrected chi connectivity index (χ0v) is 8.23. The van der Waals surface area contributed by atoms with Gasteiger partial charge in [0.15, 0.2) is 5.76 Å². The van der Waals surface area contributed by atoms with Crippen LogP contribution in [0, 0.1) is 0 Å². The molecule has 1 aromatic carbocycles. The Morgan fingerprint density at radius 2 is 2.07 bits per heavy atom. The lowest BCUT2D eigenvalue weighted by atomic mass is 10.2. The number of benzene rings is 1. The zero-order chi connectivity index (χ0) is 10.8. The maximum absolute atomic E-state index is 11.7. The summed E-state index contributed by atoms with van der Waals surface area (Å²) >= 11 is 0. The van der Waals surface area contributed by atoms with Gasteiger partial charge in [0.1, 0.15) is 5.58 Å². The van der Waals surface area contributed by atoms with Gasteiger partial charge in [-0.1, -0.05) is 18.2 Å². The third kappa shape index (κ3) is 1.52. The molecule has 0 saturated carbocycles. The molecule has 1 heterocycles. The molecule has 0 aliphatic carbocycles. The molecule has 0 aliphatic heterocycles. The van der Waals surface area contributed by atoms with Crippen LogP contribution in [0.25, 0.3) is 17.0 Å². The van der Waals surface area contributed by atoms with Crippen LogP contribution in [0.5, 0.6) is 5.75 Å². The Balaban J connectivity index is 2.88. The van der Waals surface area contributed by atoms with Gasteiger partial charge in [0.25, 0.3) is 0 Å². The minimum Gasteiger partial charge on any atom is -0.502 e. The van der Waals surface area contributed by atoms with Gasteiger partial charge in [0.2, 0.25) is 11.2 Å². The van der Waals surface area contributed by atoms with Crippen LogP contribution in [0.15, 0.2) is 39.6 Å². The Labute approximate surface area is 86.3 Å². The highest BCUT2D eigenvalue weighted by atomic mass is 16.4. The molecule has 2 aromatic rings. The van der Waals surface area contributed by atoms with Crippen molar-refractivity contribution in [2.75, 3.05) is 0 Å². The van der Waals surface area contributed by atoms with E-state index in [4.69, 9.17) is 4.42 Å². The molecular formula is C12H10O3. The summed E-state index contributed by atoms with van der Waals surface area (Å²) in [5.41, 5.74) is 0.0818. The van der Waals surface area contributed by atoms with Crippen molar-refractivity contribution >= 4 is 17.0 Å². The van der Waals surface area contributed by atoms with Crippen molar-refractivity contribution < 1.29 is 9.52 Å². The first-order chi connectivity index (χ1) is 7.24. The summed E-state index contributed by atoms with van der Waals surface area (Å²) in [6.45, 7) is 1.79. The summed E-state index contributed by atoms with van der Waals surface area (Å²) in [7, 11) is 0. The highest BCUT2D eigenvalue weighted by Crippen LogP contribution is 2.20. The Bertz CT molecular complexity index is 579. The van der Waals surface area contributed by atoms with E-state index in [-0.39, 0.29) is 11.5 Å². The average molecular weight is 202 g/mol. The summed E-state index contributed by atoms with van der Waals surface area (Å²) in [6.07, 6.45) is 3.26. The van der Waals surface area contributed by atoms with Crippen LogP contribution in [0.3, 0.4) is 0 Å². The Hall–Kier alpha value is -2.03. The fourth-order valence-electron chi connectivity index (χ4n) is 1.41. The molecule has 1 aromatic heterocycles. The van der Waals surface area contributed by atoms with Crippen LogP contribution < -0.4 is 5.43 Å². The van der Waals surface area contributed by atoms with Gasteiger partial charge in [-0.15, -0.1) is 0 Å². The summed E-state index contributed by atoms with van der Waals surface area (Å²) in [6, 6.07) is 6.83. The monoisotopic (exact) mass is 202 g/mol. The normalized spacial score (nSPS) is 11.3. The molecule has 2 rings (SSSR count). The predicted molar refractivity (Wildman–Crippen MR) is 58.9 cm³/mol. The molecule has 0 aliphatic rings. The summed E-state index contributed by atoms with van der Waals surface area (Å²) < 4.78 is 5.38. The fraction of sp³-hybridized carbons (Fsp3) is 0.0833. The highest BCUT2D eigenvalue weighted by Gasteiger charge is 2.09. The van der Waals surface area contributed by atoms with Crippen molar-refractivity contribution in [3.63, 3.8) is 0 Å². The van der Waals surface area contributed by atoms with Crippen LogP contribution >= 0.6 is 0 Å². The van der Waals surface area contributed by atoms with Gasteiger partial charge in [0.05, 0.1) is 5.39 Å². The van der Waals surface area contributed by atoms with Crippen molar-refractivity contribution in [2.24, 2.45) is 0 Å². The second-order valence-corrected chi connectivity index (χ2v) is 3.14. The first kappa shape index (κ1) is 9.52. The minimum absolute atomic E-state index is 0.196. The molecule has 1 N–H and O–H groups in total. The number of hydrogen-bond donors (Lipinski definition) is 1. The number of para-hydroxylation sites is 1. The van der Waals surface area contributed by atoms with Gasteiger partial charge in [-0.2, -0.15) is 0 Å². The lowest BCUT2D eigenvalue weighted by molar-refractivity contribution is 0.437. The van der Waals surface area contributed by atoms with Gasteiger partial charge in [0, 0.05) is 0 Å². The molecule has 0 fully saturated rings. The second-order valence-electron chi connectivity index (χ2n) is 3.14. The molecule has 15 heavy (non-hydrogen) atoms. The Morgan fingerprint density at radius 3 is 2.80 bits per heavy atom. The number of rotatable bonds is 1. The smallest absolute Gasteiger partial charge is 0.235 e. The number of allylic oxidation sites excluding steroid dienone is 1. The topological polar surface area (TPSA) is 50.4 Å². The molecule has 0 bridgehead atoms. The van der Waals surface area contributed by atoms with Crippen molar-refractivity contribution in [3.8, 4) is 5.75 Å². The maximum atomic E-state index is 11.7. The van der Waals surface area contributed by atoms with Crippen LogP contribution in [0.2, 0.25) is 0 Å². The average Bonchev–Trinajstić information content (AvgIpc) is 2.26. The van der Waals surface area contributed by atoms with E-state index in [2.05, 4.69) is 0 Å². The predicted octanol–water partition coefficient (Wildman–Crippen LogP) is 2.53. The van der Waals surface area contributed by atoms with Crippen LogP contribution in [-0.2, 0) is 0 Å². The van der Waals surface area contributed by atoms with E-state index in [1.807, 2.05) is 0 Å². The Morgan fingerprint density at radius 1 is 1.33 bits per heavy atom. The standard InChI is InChI=1S/C12H10O3/c1-2-5-10-12(14)11(13)8-6-3-4-7-9(8)15-10/h2-7,14H,1H3/b5-2+. The van der Waals surface area contributed by atoms with Gasteiger partial charge in [-0.25, -0.2) is 0 Å². The molecule has 0 radical (unpaired) electrons. The molecule has 3 nitrogen and oxygen atoms in total. The lowest BCUT2D eigenvalue weighted by Gasteiger charge is -2.00. The SMILES string of the molecule is C/C=C/c1oc2ccccc2c(=O)c1O. The number of hydrogen-bond acceptors (Lipinski definition) is 3. The van der Waals surface area contributed by atoms with Crippen LogP contribution in [-0.4, -0.2) is 5.11 Å². The zero-order valence-electron chi connectivity index (χ0n) is 8.23. The molecule has 76 valence electrons. The molecule has 3 heteroatoms. The molecule has 0 amide bonds. The van der Waals surface area contributed by atoms with E-state index in [9.17, 15) is 9.90 Å². The van der Waals surface area contributed by atoms with Gasteiger partial charge in [-0.05, 0) is 25.1 Å². The van der Waals surface area contributed by atoms with Gasteiger partial charge in [-0.3, -0.25) is 4.79 Å². The van der Waals surface area contributed by atoms with E-state index >= 15 is 0 Å². The largest absolute Gasteiger partial charge is 0.502 e. The van der Waals surface area contributed by atoms with Crippen LogP contribution in [0.4, 0.5) is 0 Å². The highest BCUT2D eigenvalue weighted by molar-refractivity contribution is 5.79. The lowest BCUT2D eigenvalue weighted by Crippen LogP contribution is -2.02. The van der Waals surface area contributed by atoms with Crippen molar-refractivity contribution in [1.82, 2.24) is 0 Å². The van der Waals surface area contributed by atoms with Crippen molar-refractivity contribution in [3.05, 3.63) is 46.3 Å². The van der Waals surface area contributed by atoms with E-state index in [1.54, 1.807) is 43.3 Å². The van der Waals surface area contributed by atoms with Crippen molar-refractivity contribution in [1.29, 1.82) is 0 Å². The van der Waals surface area contributed by atoms with E-state index in [0.29, 0.717) is 11.0 Å². The quantitative estimate of drug-likeness (QED) is 0.773. The van der Waals surface area contributed by atoms with E-state index < -0.39 is 5.43 Å². The van der Waals surface area contributed by atoms with Gasteiger partial charge >= 0.3 is 0 Å². The molecule has 0 atom stereocenters. The van der Waals surface area contributed by atoms with Crippen LogP contribution in [0.1, 0.15) is 12.7 Å². The second kappa shape index (κ2) is 3.61.